The van der Waals surface area contributed by atoms with Gasteiger partial charge in [-0.05, 0) is 103 Å². The van der Waals surface area contributed by atoms with Gasteiger partial charge in [-0.3, -0.25) is 0 Å². The predicted octanol–water partition coefficient (Wildman–Crippen LogP) is 10.4. The summed E-state index contributed by atoms with van der Waals surface area (Å²) in [5, 5.41) is 0. The van der Waals surface area contributed by atoms with Gasteiger partial charge in [0.25, 0.3) is 0 Å². The molecule has 0 N–H and O–H groups in total. The lowest BCUT2D eigenvalue weighted by Crippen LogP contribution is -2.14. The zero-order chi connectivity index (χ0) is 23.0. The first-order valence-corrected chi connectivity index (χ1v) is 14.1. The predicted molar refractivity (Wildman–Crippen MR) is 140 cm³/mol. The minimum absolute atomic E-state index is 0.00286. The zero-order valence-corrected chi connectivity index (χ0v) is 21.1. The van der Waals surface area contributed by atoms with E-state index < -0.39 is 0 Å². The summed E-state index contributed by atoms with van der Waals surface area (Å²) in [5.41, 5.74) is 4.58. The second kappa shape index (κ2) is 12.2. The number of halogens is 1. The Morgan fingerprint density at radius 1 is 0.636 bits per heavy atom. The quantitative estimate of drug-likeness (QED) is 0.335. The Morgan fingerprint density at radius 3 is 1.85 bits per heavy atom. The lowest BCUT2D eigenvalue weighted by molar-refractivity contribution is 0.303. The standard InChI is InChI=1S/C32H45F/c1-3-5-6-8-25-9-13-26(14-10-25)27-17-19-28(20-18-27)30-21-22-31(32(33)23-30)29-15-11-24(7-4-2)12-16-29/h17-26,29H,3-16H2,1-2H3. The third-order valence-electron chi connectivity index (χ3n) is 8.76. The molecule has 0 nitrogen and oxygen atoms in total. The van der Waals surface area contributed by atoms with Gasteiger partial charge < -0.3 is 0 Å². The lowest BCUT2D eigenvalue weighted by Gasteiger charge is -2.29. The monoisotopic (exact) mass is 448 g/mol. The van der Waals surface area contributed by atoms with Crippen LogP contribution in [0.3, 0.4) is 0 Å². The van der Waals surface area contributed by atoms with Gasteiger partial charge in [0.2, 0.25) is 0 Å². The molecule has 0 aromatic heterocycles. The van der Waals surface area contributed by atoms with Gasteiger partial charge in [0, 0.05) is 0 Å². The molecule has 4 rings (SSSR count). The van der Waals surface area contributed by atoms with Crippen molar-refractivity contribution in [1.82, 2.24) is 0 Å². The Hall–Kier alpha value is -1.63. The van der Waals surface area contributed by atoms with Crippen LogP contribution in [0.25, 0.3) is 11.1 Å². The molecule has 0 bridgehead atoms. The molecule has 180 valence electrons. The van der Waals surface area contributed by atoms with Gasteiger partial charge in [-0.25, -0.2) is 4.39 Å². The van der Waals surface area contributed by atoms with Gasteiger partial charge in [-0.1, -0.05) is 88.8 Å². The van der Waals surface area contributed by atoms with Gasteiger partial charge in [0.1, 0.15) is 5.82 Å². The molecule has 2 aliphatic carbocycles. The van der Waals surface area contributed by atoms with Gasteiger partial charge in [-0.15, -0.1) is 0 Å². The van der Waals surface area contributed by atoms with Crippen molar-refractivity contribution >= 4 is 0 Å². The Labute approximate surface area is 202 Å². The summed E-state index contributed by atoms with van der Waals surface area (Å²) in [6.45, 7) is 4.57. The lowest BCUT2D eigenvalue weighted by atomic mass is 9.76. The fraction of sp³-hybridized carbons (Fsp3) is 0.625. The average molecular weight is 449 g/mol. The second-order valence-electron chi connectivity index (χ2n) is 11.1. The second-order valence-corrected chi connectivity index (χ2v) is 11.1. The number of hydrogen-bond donors (Lipinski definition) is 0. The third kappa shape index (κ3) is 6.49. The van der Waals surface area contributed by atoms with Crippen LogP contribution in [0.2, 0.25) is 0 Å². The van der Waals surface area contributed by atoms with Crippen molar-refractivity contribution in [3.63, 3.8) is 0 Å². The minimum Gasteiger partial charge on any atom is -0.207 e. The molecule has 0 radical (unpaired) electrons. The fourth-order valence-electron chi connectivity index (χ4n) is 6.62. The molecule has 0 heterocycles. The van der Waals surface area contributed by atoms with Crippen LogP contribution in [-0.2, 0) is 0 Å². The van der Waals surface area contributed by atoms with Gasteiger partial charge in [-0.2, -0.15) is 0 Å². The summed E-state index contributed by atoms with van der Waals surface area (Å²) in [6.07, 6.45) is 18.5. The Morgan fingerprint density at radius 2 is 1.24 bits per heavy atom. The third-order valence-corrected chi connectivity index (χ3v) is 8.76. The summed E-state index contributed by atoms with van der Waals surface area (Å²) in [5.74, 6) is 2.94. The summed E-state index contributed by atoms with van der Waals surface area (Å²) in [4.78, 5) is 0. The van der Waals surface area contributed by atoms with Crippen LogP contribution in [0.1, 0.15) is 127 Å². The van der Waals surface area contributed by atoms with Crippen LogP contribution in [-0.4, -0.2) is 0 Å². The highest BCUT2D eigenvalue weighted by Gasteiger charge is 2.24. The molecule has 0 aliphatic heterocycles. The molecule has 1 heteroatoms. The number of unbranched alkanes of at least 4 members (excludes halogenated alkanes) is 2. The molecule has 2 fully saturated rings. The summed E-state index contributed by atoms with van der Waals surface area (Å²) >= 11 is 0. The van der Waals surface area contributed by atoms with Gasteiger partial charge >= 0.3 is 0 Å². The maximum absolute atomic E-state index is 15.1. The van der Waals surface area contributed by atoms with E-state index in [0.29, 0.717) is 11.8 Å². The van der Waals surface area contributed by atoms with Crippen molar-refractivity contribution in [2.45, 2.75) is 116 Å². The van der Waals surface area contributed by atoms with E-state index in [2.05, 4.69) is 50.2 Å². The number of benzene rings is 2. The smallest absolute Gasteiger partial charge is 0.127 e. The van der Waals surface area contributed by atoms with Crippen molar-refractivity contribution in [3.05, 3.63) is 59.4 Å². The first kappa shape index (κ1) is 24.5. The van der Waals surface area contributed by atoms with E-state index in [1.165, 1.54) is 82.6 Å². The molecule has 0 amide bonds. The minimum atomic E-state index is -0.00286. The maximum Gasteiger partial charge on any atom is 0.127 e. The zero-order valence-electron chi connectivity index (χ0n) is 21.1. The van der Waals surface area contributed by atoms with Crippen LogP contribution in [0.4, 0.5) is 4.39 Å². The van der Waals surface area contributed by atoms with Crippen LogP contribution < -0.4 is 0 Å². The molecule has 0 spiro atoms. The Bertz CT molecular complexity index is 835. The van der Waals surface area contributed by atoms with Crippen LogP contribution in [0, 0.1) is 17.7 Å². The largest absolute Gasteiger partial charge is 0.207 e. The molecule has 33 heavy (non-hydrogen) atoms. The maximum atomic E-state index is 15.1. The molecular weight excluding hydrogens is 403 g/mol. The highest BCUT2D eigenvalue weighted by atomic mass is 19.1. The van der Waals surface area contributed by atoms with Crippen LogP contribution in [0.5, 0.6) is 0 Å². The first-order valence-electron chi connectivity index (χ1n) is 14.1. The molecule has 2 aromatic rings. The summed E-state index contributed by atoms with van der Waals surface area (Å²) in [7, 11) is 0. The summed E-state index contributed by atoms with van der Waals surface area (Å²) < 4.78 is 15.1. The topological polar surface area (TPSA) is 0 Å². The van der Waals surface area contributed by atoms with Crippen molar-refractivity contribution in [1.29, 1.82) is 0 Å². The van der Waals surface area contributed by atoms with E-state index in [4.69, 9.17) is 0 Å². The molecule has 2 aromatic carbocycles. The molecule has 0 atom stereocenters. The Kier molecular flexibility index (Phi) is 9.04. The molecule has 0 unspecified atom stereocenters. The van der Waals surface area contributed by atoms with Gasteiger partial charge in [0.05, 0.1) is 0 Å². The van der Waals surface area contributed by atoms with Crippen LogP contribution in [0.15, 0.2) is 42.5 Å². The van der Waals surface area contributed by atoms with Crippen molar-refractivity contribution in [3.8, 4) is 11.1 Å². The fourth-order valence-corrected chi connectivity index (χ4v) is 6.62. The van der Waals surface area contributed by atoms with Gasteiger partial charge in [0.15, 0.2) is 0 Å². The van der Waals surface area contributed by atoms with Crippen molar-refractivity contribution in [2.24, 2.45) is 11.8 Å². The van der Waals surface area contributed by atoms with E-state index in [9.17, 15) is 0 Å². The van der Waals surface area contributed by atoms with E-state index in [1.54, 1.807) is 6.07 Å². The van der Waals surface area contributed by atoms with E-state index in [1.807, 2.05) is 0 Å². The van der Waals surface area contributed by atoms with Crippen LogP contribution >= 0.6 is 0 Å². The van der Waals surface area contributed by atoms with E-state index in [0.717, 1.165) is 41.4 Å². The SMILES string of the molecule is CCCCCC1CCC(c2ccc(-c3ccc(C4CCC(CCC)CC4)c(F)c3)cc2)CC1. The van der Waals surface area contributed by atoms with E-state index in [-0.39, 0.29) is 5.82 Å². The van der Waals surface area contributed by atoms with Crippen molar-refractivity contribution in [2.75, 3.05) is 0 Å². The first-order chi connectivity index (χ1) is 16.2. The highest BCUT2D eigenvalue weighted by molar-refractivity contribution is 5.64. The summed E-state index contributed by atoms with van der Waals surface area (Å²) in [6, 6.07) is 15.0. The molecule has 2 saturated carbocycles. The van der Waals surface area contributed by atoms with Crippen molar-refractivity contribution < 1.29 is 4.39 Å². The Balaban J connectivity index is 1.33. The molecule has 0 saturated heterocycles. The number of rotatable bonds is 9. The number of hydrogen-bond acceptors (Lipinski definition) is 0. The molecule has 2 aliphatic rings. The highest BCUT2D eigenvalue weighted by Crippen LogP contribution is 2.40. The average Bonchev–Trinajstić information content (AvgIpc) is 2.86. The van der Waals surface area contributed by atoms with E-state index >= 15 is 4.39 Å². The normalized spacial score (nSPS) is 25.8. The molecular formula is C32H45F.